The average molecular weight is 223 g/mol. The average Bonchev–Trinajstić information content (AvgIpc) is 2.23. The highest BCUT2D eigenvalue weighted by Crippen LogP contribution is 2.28. The normalized spacial score (nSPS) is 14.9. The Bertz CT molecular complexity index is 294. The van der Waals surface area contributed by atoms with Crippen LogP contribution >= 0.6 is 11.8 Å². The Morgan fingerprint density at radius 1 is 1.33 bits per heavy atom. The fraction of sp³-hybridized carbons (Fsp3) is 0.538. The summed E-state index contributed by atoms with van der Waals surface area (Å²) in [6, 6.07) is 9.19. The summed E-state index contributed by atoms with van der Waals surface area (Å²) in [6.45, 7) is 6.70. The number of hydrogen-bond donors (Lipinski definition) is 1. The first kappa shape index (κ1) is 12.6. The van der Waals surface area contributed by atoms with Crippen molar-refractivity contribution in [2.75, 3.05) is 7.05 Å². The van der Waals surface area contributed by atoms with Crippen molar-refractivity contribution in [3.8, 4) is 0 Å². The molecular formula is C13H21NS. The highest BCUT2D eigenvalue weighted by Gasteiger charge is 2.14. The standard InChI is InChI=1S/C13H21NS/c1-5-12(14-4)11(3)15-13-9-7-6-8-10(13)2/h6-9,11-12,14H,5H2,1-4H3. The van der Waals surface area contributed by atoms with Gasteiger partial charge in [-0.2, -0.15) is 0 Å². The van der Waals surface area contributed by atoms with Gasteiger partial charge in [0, 0.05) is 16.2 Å². The first-order valence-electron chi connectivity index (χ1n) is 5.58. The summed E-state index contributed by atoms with van der Waals surface area (Å²) in [4.78, 5) is 1.40. The summed E-state index contributed by atoms with van der Waals surface area (Å²) >= 11 is 1.96. The molecule has 0 spiro atoms. The van der Waals surface area contributed by atoms with E-state index in [1.54, 1.807) is 0 Å². The molecule has 0 aromatic heterocycles. The van der Waals surface area contributed by atoms with Gasteiger partial charge in [-0.3, -0.25) is 0 Å². The zero-order valence-electron chi connectivity index (χ0n) is 10.1. The van der Waals surface area contributed by atoms with Crippen LogP contribution in [0.4, 0.5) is 0 Å². The molecule has 1 aromatic carbocycles. The van der Waals surface area contributed by atoms with E-state index in [0.29, 0.717) is 11.3 Å². The highest BCUT2D eigenvalue weighted by atomic mass is 32.2. The summed E-state index contributed by atoms with van der Waals surface area (Å²) in [5.74, 6) is 0. The van der Waals surface area contributed by atoms with Gasteiger partial charge in [0.1, 0.15) is 0 Å². The maximum Gasteiger partial charge on any atom is 0.0220 e. The van der Waals surface area contributed by atoms with Gasteiger partial charge < -0.3 is 5.32 Å². The Kier molecular flexibility index (Phi) is 5.20. The number of benzene rings is 1. The van der Waals surface area contributed by atoms with E-state index < -0.39 is 0 Å². The summed E-state index contributed by atoms with van der Waals surface area (Å²) < 4.78 is 0. The van der Waals surface area contributed by atoms with Crippen molar-refractivity contribution in [2.45, 2.75) is 43.4 Å². The van der Waals surface area contributed by atoms with Crippen molar-refractivity contribution in [3.63, 3.8) is 0 Å². The zero-order valence-corrected chi connectivity index (χ0v) is 10.9. The van der Waals surface area contributed by atoms with Crippen LogP contribution in [-0.2, 0) is 0 Å². The molecule has 0 saturated heterocycles. The quantitative estimate of drug-likeness (QED) is 0.767. The minimum atomic E-state index is 0.592. The first-order valence-corrected chi connectivity index (χ1v) is 6.46. The van der Waals surface area contributed by atoms with Crippen molar-refractivity contribution in [1.29, 1.82) is 0 Å². The summed E-state index contributed by atoms with van der Waals surface area (Å²) in [7, 11) is 2.04. The van der Waals surface area contributed by atoms with Crippen LogP contribution in [0.15, 0.2) is 29.2 Å². The van der Waals surface area contributed by atoms with E-state index in [1.165, 1.54) is 16.9 Å². The van der Waals surface area contributed by atoms with Gasteiger partial charge >= 0.3 is 0 Å². The fourth-order valence-corrected chi connectivity index (χ4v) is 3.05. The van der Waals surface area contributed by atoms with Gasteiger partial charge in [0.15, 0.2) is 0 Å². The molecule has 15 heavy (non-hydrogen) atoms. The van der Waals surface area contributed by atoms with Gasteiger partial charge in [-0.05, 0) is 32.0 Å². The van der Waals surface area contributed by atoms with Gasteiger partial charge in [-0.1, -0.05) is 32.0 Å². The molecule has 0 bridgehead atoms. The van der Waals surface area contributed by atoms with Gasteiger partial charge in [0.05, 0.1) is 0 Å². The molecule has 2 atom stereocenters. The van der Waals surface area contributed by atoms with Crippen LogP contribution in [0.3, 0.4) is 0 Å². The SMILES string of the molecule is CCC(NC)C(C)Sc1ccccc1C. The van der Waals surface area contributed by atoms with Gasteiger partial charge in [-0.15, -0.1) is 11.8 Å². The largest absolute Gasteiger partial charge is 0.316 e. The van der Waals surface area contributed by atoms with Crippen LogP contribution in [0.25, 0.3) is 0 Å². The van der Waals surface area contributed by atoms with Crippen LogP contribution in [-0.4, -0.2) is 18.3 Å². The Morgan fingerprint density at radius 2 is 2.00 bits per heavy atom. The second-order valence-corrected chi connectivity index (χ2v) is 5.31. The van der Waals surface area contributed by atoms with Crippen LogP contribution in [0.1, 0.15) is 25.8 Å². The van der Waals surface area contributed by atoms with Crippen LogP contribution < -0.4 is 5.32 Å². The molecule has 0 aliphatic heterocycles. The Morgan fingerprint density at radius 3 is 2.53 bits per heavy atom. The monoisotopic (exact) mass is 223 g/mol. The third-order valence-corrected chi connectivity index (χ3v) is 4.20. The first-order chi connectivity index (χ1) is 7.19. The minimum Gasteiger partial charge on any atom is -0.316 e. The molecule has 0 saturated carbocycles. The Balaban J connectivity index is 2.65. The molecule has 0 aliphatic carbocycles. The van der Waals surface area contributed by atoms with Crippen molar-refractivity contribution in [3.05, 3.63) is 29.8 Å². The maximum absolute atomic E-state index is 3.37. The van der Waals surface area contributed by atoms with E-state index in [2.05, 4.69) is 50.4 Å². The lowest BCUT2D eigenvalue weighted by molar-refractivity contribution is 0.541. The lowest BCUT2D eigenvalue weighted by atomic mass is 10.2. The Labute approximate surface area is 97.7 Å². The van der Waals surface area contributed by atoms with E-state index in [-0.39, 0.29) is 0 Å². The van der Waals surface area contributed by atoms with Crippen molar-refractivity contribution < 1.29 is 0 Å². The summed E-state index contributed by atoms with van der Waals surface area (Å²) in [5, 5.41) is 3.98. The number of nitrogens with one attached hydrogen (secondary N) is 1. The predicted octanol–water partition coefficient (Wildman–Crippen LogP) is 3.47. The van der Waals surface area contributed by atoms with Crippen LogP contribution in [0.2, 0.25) is 0 Å². The topological polar surface area (TPSA) is 12.0 Å². The molecule has 1 aromatic rings. The molecule has 0 amide bonds. The maximum atomic E-state index is 3.37. The summed E-state index contributed by atoms with van der Waals surface area (Å²) in [5.41, 5.74) is 1.38. The lowest BCUT2D eigenvalue weighted by Gasteiger charge is -2.22. The third-order valence-electron chi connectivity index (χ3n) is 2.78. The second kappa shape index (κ2) is 6.19. The fourth-order valence-electron chi connectivity index (χ4n) is 1.74. The molecule has 1 nitrogen and oxygen atoms in total. The number of thioether (sulfide) groups is 1. The smallest absolute Gasteiger partial charge is 0.0220 e. The predicted molar refractivity (Wildman–Crippen MR) is 69.6 cm³/mol. The van der Waals surface area contributed by atoms with E-state index in [0.717, 1.165) is 0 Å². The molecular weight excluding hydrogens is 202 g/mol. The van der Waals surface area contributed by atoms with Crippen molar-refractivity contribution >= 4 is 11.8 Å². The lowest BCUT2D eigenvalue weighted by Crippen LogP contribution is -2.33. The zero-order chi connectivity index (χ0) is 11.3. The molecule has 2 unspecified atom stereocenters. The highest BCUT2D eigenvalue weighted by molar-refractivity contribution is 8.00. The third kappa shape index (κ3) is 3.54. The molecule has 0 radical (unpaired) electrons. The molecule has 84 valence electrons. The minimum absolute atomic E-state index is 0.592. The molecule has 0 heterocycles. The van der Waals surface area contributed by atoms with E-state index in [4.69, 9.17) is 0 Å². The molecule has 1 N–H and O–H groups in total. The van der Waals surface area contributed by atoms with Gasteiger partial charge in [0.25, 0.3) is 0 Å². The van der Waals surface area contributed by atoms with E-state index >= 15 is 0 Å². The molecule has 0 fully saturated rings. The van der Waals surface area contributed by atoms with Crippen molar-refractivity contribution in [2.24, 2.45) is 0 Å². The second-order valence-electron chi connectivity index (χ2n) is 3.89. The Hall–Kier alpha value is -0.470. The van der Waals surface area contributed by atoms with Crippen molar-refractivity contribution in [1.82, 2.24) is 5.32 Å². The van der Waals surface area contributed by atoms with Gasteiger partial charge in [0.2, 0.25) is 0 Å². The molecule has 0 aliphatic rings. The van der Waals surface area contributed by atoms with Gasteiger partial charge in [-0.25, -0.2) is 0 Å². The van der Waals surface area contributed by atoms with E-state index in [9.17, 15) is 0 Å². The molecule has 2 heteroatoms. The van der Waals surface area contributed by atoms with Crippen LogP contribution in [0.5, 0.6) is 0 Å². The molecule has 1 rings (SSSR count). The van der Waals surface area contributed by atoms with E-state index in [1.807, 2.05) is 18.8 Å². The number of hydrogen-bond acceptors (Lipinski definition) is 2. The van der Waals surface area contributed by atoms with Crippen LogP contribution in [0, 0.1) is 6.92 Å². The number of rotatable bonds is 5. The summed E-state index contributed by atoms with van der Waals surface area (Å²) in [6.07, 6.45) is 1.18. The number of aryl methyl sites for hydroxylation is 1.